The molecule has 0 aliphatic carbocycles. The maximum Gasteiger partial charge on any atom is 0.264 e. The summed E-state index contributed by atoms with van der Waals surface area (Å²) in [6.07, 6.45) is 0.213. The van der Waals surface area contributed by atoms with Crippen molar-refractivity contribution in [2.24, 2.45) is 0 Å². The molecule has 1 N–H and O–H groups in total. The molecule has 4 aromatic carbocycles. The highest BCUT2D eigenvalue weighted by molar-refractivity contribution is 7.92. The Kier molecular flexibility index (Phi) is 10.7. The van der Waals surface area contributed by atoms with Crippen LogP contribution in [-0.2, 0) is 32.6 Å². The van der Waals surface area contributed by atoms with Crippen LogP contribution in [0.1, 0.15) is 25.0 Å². The summed E-state index contributed by atoms with van der Waals surface area (Å²) in [5, 5.41) is 2.96. The van der Waals surface area contributed by atoms with E-state index in [2.05, 4.69) is 5.32 Å². The SMILES string of the molecule is COc1cccc(CN(C(=O)CN(c2ccc3c(c2)OCCO3)S(=O)(=O)c2ccccc2)C(Cc2ccccc2)C(=O)NC(C)C)c1. The van der Waals surface area contributed by atoms with Crippen molar-refractivity contribution in [2.75, 3.05) is 31.2 Å². The fraction of sp³-hybridized carbons (Fsp3) is 0.278. The van der Waals surface area contributed by atoms with Gasteiger partial charge in [0.1, 0.15) is 31.5 Å². The molecule has 47 heavy (non-hydrogen) atoms. The van der Waals surface area contributed by atoms with Gasteiger partial charge in [-0.1, -0.05) is 60.7 Å². The lowest BCUT2D eigenvalue weighted by Crippen LogP contribution is -2.54. The largest absolute Gasteiger partial charge is 0.497 e. The van der Waals surface area contributed by atoms with E-state index in [0.29, 0.717) is 36.0 Å². The highest BCUT2D eigenvalue weighted by Crippen LogP contribution is 2.36. The van der Waals surface area contributed by atoms with Gasteiger partial charge < -0.3 is 24.4 Å². The summed E-state index contributed by atoms with van der Waals surface area (Å²) < 4.78 is 46.3. The molecule has 2 amide bonds. The second-order valence-electron chi connectivity index (χ2n) is 11.4. The first-order valence-electron chi connectivity index (χ1n) is 15.4. The van der Waals surface area contributed by atoms with Crippen LogP contribution in [0.4, 0.5) is 5.69 Å². The molecule has 0 fully saturated rings. The molecule has 0 radical (unpaired) electrons. The first-order chi connectivity index (χ1) is 22.7. The van der Waals surface area contributed by atoms with Crippen LogP contribution in [0.25, 0.3) is 0 Å². The van der Waals surface area contributed by atoms with Gasteiger partial charge in [-0.25, -0.2) is 8.42 Å². The lowest BCUT2D eigenvalue weighted by Gasteiger charge is -2.34. The fourth-order valence-electron chi connectivity index (χ4n) is 5.34. The van der Waals surface area contributed by atoms with Crippen molar-refractivity contribution in [1.29, 1.82) is 0 Å². The Balaban J connectivity index is 1.59. The van der Waals surface area contributed by atoms with Crippen molar-refractivity contribution >= 4 is 27.5 Å². The Labute approximate surface area is 275 Å². The Morgan fingerprint density at radius 1 is 0.830 bits per heavy atom. The summed E-state index contributed by atoms with van der Waals surface area (Å²) in [6, 6.07) is 28.2. The summed E-state index contributed by atoms with van der Waals surface area (Å²) in [4.78, 5) is 30.0. The number of hydrogen-bond donors (Lipinski definition) is 1. The van der Waals surface area contributed by atoms with Crippen molar-refractivity contribution in [3.8, 4) is 17.2 Å². The number of anilines is 1. The summed E-state index contributed by atoms with van der Waals surface area (Å²) in [7, 11) is -2.70. The topological polar surface area (TPSA) is 114 Å². The zero-order chi connectivity index (χ0) is 33.4. The highest BCUT2D eigenvalue weighted by atomic mass is 32.2. The van der Waals surface area contributed by atoms with Gasteiger partial charge in [0.15, 0.2) is 11.5 Å². The minimum absolute atomic E-state index is 0.0143. The van der Waals surface area contributed by atoms with Crippen LogP contribution in [0.2, 0.25) is 0 Å². The van der Waals surface area contributed by atoms with Gasteiger partial charge in [-0.2, -0.15) is 0 Å². The average Bonchev–Trinajstić information content (AvgIpc) is 3.09. The number of nitrogens with one attached hydrogen (secondary N) is 1. The maximum absolute atomic E-state index is 14.6. The van der Waals surface area contributed by atoms with Gasteiger partial charge in [-0.3, -0.25) is 13.9 Å². The molecule has 10 nitrogen and oxygen atoms in total. The number of hydrogen-bond acceptors (Lipinski definition) is 7. The monoisotopic (exact) mass is 657 g/mol. The van der Waals surface area contributed by atoms with E-state index >= 15 is 0 Å². The Morgan fingerprint density at radius 3 is 2.17 bits per heavy atom. The molecule has 1 aliphatic rings. The third kappa shape index (κ3) is 8.23. The molecular weight excluding hydrogens is 618 g/mol. The summed E-state index contributed by atoms with van der Waals surface area (Å²) in [5.41, 5.74) is 1.78. The van der Waals surface area contributed by atoms with Gasteiger partial charge in [-0.15, -0.1) is 0 Å². The third-order valence-corrected chi connectivity index (χ3v) is 9.40. The number of nitrogens with zero attached hydrogens (tertiary/aromatic N) is 2. The third-order valence-electron chi connectivity index (χ3n) is 7.61. The number of benzene rings is 4. The number of carbonyl (C=O) groups excluding carboxylic acids is 2. The number of sulfonamides is 1. The number of amides is 2. The van der Waals surface area contributed by atoms with E-state index in [1.54, 1.807) is 61.7 Å². The number of methoxy groups -OCH3 is 1. The first-order valence-corrected chi connectivity index (χ1v) is 16.8. The summed E-state index contributed by atoms with van der Waals surface area (Å²) in [5.74, 6) is 0.530. The number of rotatable bonds is 13. The molecule has 4 aromatic rings. The fourth-order valence-corrected chi connectivity index (χ4v) is 6.76. The van der Waals surface area contributed by atoms with Gasteiger partial charge in [-0.05, 0) is 61.4 Å². The Bertz CT molecular complexity index is 1780. The number of fused-ring (bicyclic) bond motifs is 1. The van der Waals surface area contributed by atoms with Crippen molar-refractivity contribution in [3.63, 3.8) is 0 Å². The molecule has 1 aliphatic heterocycles. The number of carbonyl (C=O) groups is 2. The average molecular weight is 658 g/mol. The molecule has 0 saturated carbocycles. The predicted molar refractivity (Wildman–Crippen MR) is 179 cm³/mol. The standard InChI is InChI=1S/C36H39N3O7S/c1-26(2)37-36(41)32(22-27-11-6-4-7-12-27)38(24-28-13-10-14-30(21-28)44-3)35(40)25-39(47(42,43)31-15-8-5-9-16-31)29-17-18-33-34(23-29)46-20-19-45-33/h4-18,21,23,26,32H,19-20,22,24-25H2,1-3H3,(H,37,41). The van der Waals surface area contributed by atoms with Crippen LogP contribution in [0, 0.1) is 0 Å². The smallest absolute Gasteiger partial charge is 0.264 e. The van der Waals surface area contributed by atoms with E-state index in [4.69, 9.17) is 14.2 Å². The zero-order valence-electron chi connectivity index (χ0n) is 26.7. The van der Waals surface area contributed by atoms with Crippen molar-refractivity contribution in [3.05, 3.63) is 114 Å². The van der Waals surface area contributed by atoms with Gasteiger partial charge in [0, 0.05) is 25.1 Å². The Hall–Kier alpha value is -5.03. The molecule has 11 heteroatoms. The Morgan fingerprint density at radius 2 is 1.49 bits per heavy atom. The van der Waals surface area contributed by atoms with Gasteiger partial charge in [0.05, 0.1) is 17.7 Å². The molecule has 0 aromatic heterocycles. The van der Waals surface area contributed by atoms with Gasteiger partial charge in [0.25, 0.3) is 10.0 Å². The van der Waals surface area contributed by atoms with E-state index in [1.165, 1.54) is 17.0 Å². The van der Waals surface area contributed by atoms with E-state index in [1.807, 2.05) is 50.2 Å². The van der Waals surface area contributed by atoms with Crippen molar-refractivity contribution < 1.29 is 32.2 Å². The quantitative estimate of drug-likeness (QED) is 0.219. The molecule has 246 valence electrons. The van der Waals surface area contributed by atoms with E-state index < -0.39 is 28.5 Å². The van der Waals surface area contributed by atoms with Gasteiger partial charge >= 0.3 is 0 Å². The van der Waals surface area contributed by atoms with Crippen LogP contribution in [0.3, 0.4) is 0 Å². The summed E-state index contributed by atoms with van der Waals surface area (Å²) >= 11 is 0. The van der Waals surface area contributed by atoms with Crippen LogP contribution < -0.4 is 23.8 Å². The van der Waals surface area contributed by atoms with Crippen LogP contribution >= 0.6 is 0 Å². The maximum atomic E-state index is 14.6. The number of ether oxygens (including phenoxy) is 3. The van der Waals surface area contributed by atoms with E-state index in [9.17, 15) is 18.0 Å². The normalized spacial score (nSPS) is 13.0. The molecular formula is C36H39N3O7S. The molecule has 1 unspecified atom stereocenters. The van der Waals surface area contributed by atoms with E-state index in [-0.39, 0.29) is 35.5 Å². The lowest BCUT2D eigenvalue weighted by atomic mass is 10.0. The lowest BCUT2D eigenvalue weighted by molar-refractivity contribution is -0.140. The molecule has 0 spiro atoms. The summed E-state index contributed by atoms with van der Waals surface area (Å²) in [6.45, 7) is 3.82. The van der Waals surface area contributed by atoms with Crippen molar-refractivity contribution in [1.82, 2.24) is 10.2 Å². The van der Waals surface area contributed by atoms with Crippen LogP contribution in [-0.4, -0.2) is 64.1 Å². The molecule has 1 atom stereocenters. The molecule has 5 rings (SSSR count). The molecule has 0 saturated heterocycles. The predicted octanol–water partition coefficient (Wildman–Crippen LogP) is 4.83. The minimum atomic E-state index is -4.25. The zero-order valence-corrected chi connectivity index (χ0v) is 27.5. The van der Waals surface area contributed by atoms with Crippen LogP contribution in [0.15, 0.2) is 108 Å². The highest BCUT2D eigenvalue weighted by Gasteiger charge is 2.35. The van der Waals surface area contributed by atoms with Crippen LogP contribution in [0.5, 0.6) is 17.2 Å². The van der Waals surface area contributed by atoms with E-state index in [0.717, 1.165) is 9.87 Å². The molecule has 1 heterocycles. The van der Waals surface area contributed by atoms with Crippen molar-refractivity contribution in [2.45, 2.75) is 43.8 Å². The first kappa shape index (κ1) is 33.3. The second-order valence-corrected chi connectivity index (χ2v) is 13.3. The second kappa shape index (κ2) is 15.0. The molecule has 0 bridgehead atoms. The minimum Gasteiger partial charge on any atom is -0.497 e. The van der Waals surface area contributed by atoms with Gasteiger partial charge in [0.2, 0.25) is 11.8 Å².